The van der Waals surface area contributed by atoms with E-state index in [0.717, 1.165) is 13.0 Å². The fourth-order valence-electron chi connectivity index (χ4n) is 1.83. The molecule has 1 fully saturated rings. The molecule has 15 heavy (non-hydrogen) atoms. The average Bonchev–Trinajstić information content (AvgIpc) is 2.69. The van der Waals surface area contributed by atoms with Crippen molar-refractivity contribution in [1.29, 1.82) is 0 Å². The fourth-order valence-corrected chi connectivity index (χ4v) is 1.83. The molecule has 0 radical (unpaired) electrons. The molecule has 1 aliphatic heterocycles. The second-order valence-corrected chi connectivity index (χ2v) is 3.84. The van der Waals surface area contributed by atoms with E-state index in [9.17, 15) is 4.39 Å². The molecule has 1 aromatic carbocycles. The highest BCUT2D eigenvalue weighted by molar-refractivity contribution is 5.54. The Morgan fingerprint density at radius 3 is 2.93 bits per heavy atom. The van der Waals surface area contributed by atoms with Crippen LogP contribution < -0.4 is 10.6 Å². The quantitative estimate of drug-likeness (QED) is 0.754. The molecule has 1 heterocycles. The van der Waals surface area contributed by atoms with E-state index in [1.807, 2.05) is 11.9 Å². The minimum atomic E-state index is -0.274. The fraction of sp³-hybridized carbons (Fsp3) is 0.455. The molecule has 0 bridgehead atoms. The van der Waals surface area contributed by atoms with Crippen molar-refractivity contribution >= 4 is 11.4 Å². The Bertz CT molecular complexity index is 350. The van der Waals surface area contributed by atoms with E-state index < -0.39 is 0 Å². The van der Waals surface area contributed by atoms with Gasteiger partial charge in [-0.2, -0.15) is 0 Å². The summed E-state index contributed by atoms with van der Waals surface area (Å²) >= 11 is 0. The van der Waals surface area contributed by atoms with Crippen LogP contribution >= 0.6 is 0 Å². The lowest BCUT2D eigenvalue weighted by atomic mass is 10.2. The monoisotopic (exact) mass is 210 g/mol. The van der Waals surface area contributed by atoms with Crippen molar-refractivity contribution in [1.82, 2.24) is 0 Å². The molecule has 82 valence electrons. The van der Waals surface area contributed by atoms with Gasteiger partial charge in [0.1, 0.15) is 5.82 Å². The summed E-state index contributed by atoms with van der Waals surface area (Å²) in [7, 11) is 1.88. The minimum absolute atomic E-state index is 0.267. The standard InChI is InChI=1S/C11H15FN2O/c1-14(9-4-5-15-7-9)11-3-2-8(13)6-10(11)12/h2-3,6,9H,4-5,7,13H2,1H3. The van der Waals surface area contributed by atoms with Crippen molar-refractivity contribution in [3.8, 4) is 0 Å². The third-order valence-electron chi connectivity index (χ3n) is 2.81. The summed E-state index contributed by atoms with van der Waals surface area (Å²) in [4.78, 5) is 1.92. The molecular formula is C11H15FN2O. The number of rotatable bonds is 2. The van der Waals surface area contributed by atoms with Gasteiger partial charge in [0, 0.05) is 19.3 Å². The molecule has 1 aromatic rings. The first-order chi connectivity index (χ1) is 7.18. The number of ether oxygens (including phenoxy) is 1. The van der Waals surface area contributed by atoms with Crippen molar-refractivity contribution in [3.63, 3.8) is 0 Å². The number of likely N-dealkylation sites (N-methyl/N-ethyl adjacent to an activating group) is 1. The van der Waals surface area contributed by atoms with Gasteiger partial charge in [0.25, 0.3) is 0 Å². The number of halogens is 1. The number of nitrogen functional groups attached to an aromatic ring is 1. The van der Waals surface area contributed by atoms with Gasteiger partial charge in [0.05, 0.1) is 18.3 Å². The van der Waals surface area contributed by atoms with Crippen LogP contribution in [0.2, 0.25) is 0 Å². The first-order valence-corrected chi connectivity index (χ1v) is 5.04. The Morgan fingerprint density at radius 1 is 1.53 bits per heavy atom. The zero-order valence-electron chi connectivity index (χ0n) is 8.74. The number of nitrogens with two attached hydrogens (primary N) is 1. The summed E-state index contributed by atoms with van der Waals surface area (Å²) in [6, 6.07) is 5.04. The molecule has 1 unspecified atom stereocenters. The van der Waals surface area contributed by atoms with E-state index in [-0.39, 0.29) is 11.9 Å². The molecule has 0 amide bonds. The molecule has 3 nitrogen and oxygen atoms in total. The lowest BCUT2D eigenvalue weighted by Gasteiger charge is -2.25. The maximum absolute atomic E-state index is 13.6. The van der Waals surface area contributed by atoms with E-state index in [1.165, 1.54) is 6.07 Å². The normalized spacial score (nSPS) is 20.5. The predicted molar refractivity (Wildman–Crippen MR) is 58.4 cm³/mol. The first-order valence-electron chi connectivity index (χ1n) is 5.04. The molecule has 0 spiro atoms. The number of hydrogen-bond donors (Lipinski definition) is 1. The van der Waals surface area contributed by atoms with Gasteiger partial charge < -0.3 is 15.4 Å². The van der Waals surface area contributed by atoms with Crippen molar-refractivity contribution in [3.05, 3.63) is 24.0 Å². The maximum Gasteiger partial charge on any atom is 0.148 e. The predicted octanol–water partition coefficient (Wildman–Crippen LogP) is 1.63. The molecule has 1 saturated heterocycles. The number of anilines is 2. The van der Waals surface area contributed by atoms with Gasteiger partial charge in [-0.1, -0.05) is 0 Å². The SMILES string of the molecule is CN(c1ccc(N)cc1F)C1CCOC1. The van der Waals surface area contributed by atoms with Gasteiger partial charge in [-0.05, 0) is 24.6 Å². The van der Waals surface area contributed by atoms with Crippen LogP contribution in [0, 0.1) is 5.82 Å². The molecule has 1 aliphatic rings. The Balaban J connectivity index is 2.20. The van der Waals surface area contributed by atoms with E-state index in [2.05, 4.69) is 0 Å². The summed E-state index contributed by atoms with van der Waals surface area (Å²) < 4.78 is 18.9. The number of nitrogens with zero attached hydrogens (tertiary/aromatic N) is 1. The van der Waals surface area contributed by atoms with Gasteiger partial charge in [0.15, 0.2) is 0 Å². The third kappa shape index (κ3) is 2.04. The van der Waals surface area contributed by atoms with Crippen LogP contribution in [0.3, 0.4) is 0 Å². The molecular weight excluding hydrogens is 195 g/mol. The lowest BCUT2D eigenvalue weighted by molar-refractivity contribution is 0.193. The van der Waals surface area contributed by atoms with Crippen molar-refractivity contribution < 1.29 is 9.13 Å². The summed E-state index contributed by atoms with van der Waals surface area (Å²) in [5, 5.41) is 0. The average molecular weight is 210 g/mol. The molecule has 1 atom stereocenters. The van der Waals surface area contributed by atoms with Gasteiger partial charge in [-0.25, -0.2) is 4.39 Å². The zero-order chi connectivity index (χ0) is 10.8. The van der Waals surface area contributed by atoms with Crippen LogP contribution in [-0.4, -0.2) is 26.3 Å². The van der Waals surface area contributed by atoms with Crippen LogP contribution in [0.4, 0.5) is 15.8 Å². The van der Waals surface area contributed by atoms with Crippen LogP contribution in [0.5, 0.6) is 0 Å². The van der Waals surface area contributed by atoms with E-state index >= 15 is 0 Å². The first kappa shape index (κ1) is 10.2. The number of hydrogen-bond acceptors (Lipinski definition) is 3. The summed E-state index contributed by atoms with van der Waals surface area (Å²) in [5.74, 6) is -0.274. The Morgan fingerprint density at radius 2 is 2.33 bits per heavy atom. The second-order valence-electron chi connectivity index (χ2n) is 3.84. The maximum atomic E-state index is 13.6. The molecule has 2 rings (SSSR count). The largest absolute Gasteiger partial charge is 0.399 e. The van der Waals surface area contributed by atoms with Gasteiger partial charge >= 0.3 is 0 Å². The molecule has 2 N–H and O–H groups in total. The Labute approximate surface area is 88.6 Å². The molecule has 0 saturated carbocycles. The van der Waals surface area contributed by atoms with Crippen LogP contribution in [0.15, 0.2) is 18.2 Å². The summed E-state index contributed by atoms with van der Waals surface area (Å²) in [5.41, 5.74) is 6.53. The smallest absolute Gasteiger partial charge is 0.148 e. The molecule has 0 aliphatic carbocycles. The molecule has 0 aromatic heterocycles. The topological polar surface area (TPSA) is 38.5 Å². The van der Waals surface area contributed by atoms with Crippen LogP contribution in [0.1, 0.15) is 6.42 Å². The van der Waals surface area contributed by atoms with E-state index in [0.29, 0.717) is 18.0 Å². The minimum Gasteiger partial charge on any atom is -0.399 e. The lowest BCUT2D eigenvalue weighted by Crippen LogP contribution is -2.32. The van der Waals surface area contributed by atoms with Crippen LogP contribution in [-0.2, 0) is 4.74 Å². The third-order valence-corrected chi connectivity index (χ3v) is 2.81. The van der Waals surface area contributed by atoms with Crippen LogP contribution in [0.25, 0.3) is 0 Å². The zero-order valence-corrected chi connectivity index (χ0v) is 8.74. The highest BCUT2D eigenvalue weighted by atomic mass is 19.1. The van der Waals surface area contributed by atoms with E-state index in [4.69, 9.17) is 10.5 Å². The van der Waals surface area contributed by atoms with Gasteiger partial charge in [0.2, 0.25) is 0 Å². The van der Waals surface area contributed by atoms with Crippen molar-refractivity contribution in [2.45, 2.75) is 12.5 Å². The van der Waals surface area contributed by atoms with Crippen molar-refractivity contribution in [2.75, 3.05) is 30.9 Å². The van der Waals surface area contributed by atoms with Crippen molar-refractivity contribution in [2.24, 2.45) is 0 Å². The molecule has 4 heteroatoms. The Kier molecular flexibility index (Phi) is 2.77. The highest BCUT2D eigenvalue weighted by Crippen LogP contribution is 2.24. The van der Waals surface area contributed by atoms with Gasteiger partial charge in [-0.3, -0.25) is 0 Å². The summed E-state index contributed by atoms with van der Waals surface area (Å²) in [6.45, 7) is 1.42. The number of benzene rings is 1. The summed E-state index contributed by atoms with van der Waals surface area (Å²) in [6.07, 6.45) is 0.945. The van der Waals surface area contributed by atoms with Gasteiger partial charge in [-0.15, -0.1) is 0 Å². The second kappa shape index (κ2) is 4.06. The highest BCUT2D eigenvalue weighted by Gasteiger charge is 2.22. The Hall–Kier alpha value is -1.29. The van der Waals surface area contributed by atoms with E-state index in [1.54, 1.807) is 12.1 Å².